The topological polar surface area (TPSA) is 44.1 Å². The molecule has 1 heterocycles. The molecule has 0 bridgehead atoms. The van der Waals surface area contributed by atoms with Gasteiger partial charge in [0.25, 0.3) is 0 Å². The number of hydrogen-bond donors (Lipinski definition) is 0. The quantitative estimate of drug-likeness (QED) is 0.741. The molecule has 0 spiro atoms. The van der Waals surface area contributed by atoms with E-state index in [1.807, 2.05) is 26.8 Å². The van der Waals surface area contributed by atoms with Gasteiger partial charge in [0.05, 0.1) is 11.7 Å². The number of carbonyl (C=O) groups excluding carboxylic acids is 1. The fourth-order valence-corrected chi connectivity index (χ4v) is 1.80. The fraction of sp³-hybridized carbons (Fsp3) is 0.636. The van der Waals surface area contributed by atoms with E-state index in [2.05, 4.69) is 5.10 Å². The summed E-state index contributed by atoms with van der Waals surface area (Å²) in [6, 6.07) is 1.60. The second-order valence-electron chi connectivity index (χ2n) is 4.87. The first-order valence-corrected chi connectivity index (χ1v) is 5.17. The highest BCUT2D eigenvalue weighted by Crippen LogP contribution is 2.33. The summed E-state index contributed by atoms with van der Waals surface area (Å²) < 4.78 is 7.48. The Kier molecular flexibility index (Phi) is 2.38. The molecule has 0 N–H and O–H groups in total. The van der Waals surface area contributed by atoms with E-state index in [0.717, 1.165) is 0 Å². The standard InChI is InChI=1S/C11H16N2O2/c1-11(2,3)15-9-7-8(14)10(9)13-6-4-5-12-13/h4-6,9-10H,7H2,1-3H3/t9-,10+/m1/s1. The van der Waals surface area contributed by atoms with Crippen LogP contribution in [0.4, 0.5) is 0 Å². The van der Waals surface area contributed by atoms with Gasteiger partial charge in [-0.15, -0.1) is 0 Å². The molecule has 0 amide bonds. The molecule has 4 heteroatoms. The van der Waals surface area contributed by atoms with Gasteiger partial charge < -0.3 is 4.74 Å². The zero-order chi connectivity index (χ0) is 11.1. The summed E-state index contributed by atoms with van der Waals surface area (Å²) in [6.45, 7) is 5.99. The van der Waals surface area contributed by atoms with Crippen molar-refractivity contribution in [3.63, 3.8) is 0 Å². The third kappa shape index (κ3) is 2.09. The number of nitrogens with zero attached hydrogens (tertiary/aromatic N) is 2. The molecule has 15 heavy (non-hydrogen) atoms. The Morgan fingerprint density at radius 2 is 2.27 bits per heavy atom. The van der Waals surface area contributed by atoms with Gasteiger partial charge in [-0.1, -0.05) is 0 Å². The van der Waals surface area contributed by atoms with Crippen LogP contribution in [0.3, 0.4) is 0 Å². The van der Waals surface area contributed by atoms with Crippen molar-refractivity contribution >= 4 is 5.78 Å². The number of hydrogen-bond acceptors (Lipinski definition) is 3. The van der Waals surface area contributed by atoms with Gasteiger partial charge in [-0.3, -0.25) is 9.48 Å². The van der Waals surface area contributed by atoms with Crippen molar-refractivity contribution in [2.24, 2.45) is 0 Å². The van der Waals surface area contributed by atoms with Crippen LogP contribution in [-0.4, -0.2) is 27.3 Å². The second-order valence-corrected chi connectivity index (χ2v) is 4.87. The first kappa shape index (κ1) is 10.4. The first-order chi connectivity index (χ1) is 6.97. The smallest absolute Gasteiger partial charge is 0.162 e. The van der Waals surface area contributed by atoms with Crippen LogP contribution in [0.15, 0.2) is 18.5 Å². The minimum atomic E-state index is -0.223. The van der Waals surface area contributed by atoms with Gasteiger partial charge in [0.15, 0.2) is 5.78 Å². The highest BCUT2D eigenvalue weighted by Gasteiger charge is 2.44. The molecule has 1 aromatic heterocycles. The summed E-state index contributed by atoms with van der Waals surface area (Å²) in [5.74, 6) is 0.202. The van der Waals surface area contributed by atoms with Crippen molar-refractivity contribution in [1.29, 1.82) is 0 Å². The minimum Gasteiger partial charge on any atom is -0.369 e. The number of rotatable bonds is 2. The van der Waals surface area contributed by atoms with E-state index in [-0.39, 0.29) is 23.5 Å². The lowest BCUT2D eigenvalue weighted by atomic mass is 9.87. The van der Waals surface area contributed by atoms with E-state index in [9.17, 15) is 4.79 Å². The molecule has 2 rings (SSSR count). The molecule has 0 radical (unpaired) electrons. The molecule has 4 nitrogen and oxygen atoms in total. The van der Waals surface area contributed by atoms with Crippen molar-refractivity contribution in [2.75, 3.05) is 0 Å². The maximum atomic E-state index is 11.5. The van der Waals surface area contributed by atoms with Crippen molar-refractivity contribution in [1.82, 2.24) is 9.78 Å². The van der Waals surface area contributed by atoms with Gasteiger partial charge in [-0.25, -0.2) is 0 Å². The van der Waals surface area contributed by atoms with Crippen LogP contribution in [-0.2, 0) is 9.53 Å². The maximum Gasteiger partial charge on any atom is 0.162 e. The molecular weight excluding hydrogens is 192 g/mol. The Morgan fingerprint density at radius 3 is 2.73 bits per heavy atom. The van der Waals surface area contributed by atoms with Gasteiger partial charge >= 0.3 is 0 Å². The first-order valence-electron chi connectivity index (χ1n) is 5.17. The summed E-state index contributed by atoms with van der Waals surface area (Å²) in [4.78, 5) is 11.5. The molecular formula is C11H16N2O2. The van der Waals surface area contributed by atoms with Crippen LogP contribution in [0.1, 0.15) is 33.2 Å². The molecule has 1 aliphatic carbocycles. The molecule has 0 unspecified atom stereocenters. The Labute approximate surface area is 89.2 Å². The van der Waals surface area contributed by atoms with Crippen molar-refractivity contribution < 1.29 is 9.53 Å². The van der Waals surface area contributed by atoms with Crippen LogP contribution in [0.2, 0.25) is 0 Å². The number of carbonyl (C=O) groups is 1. The molecule has 2 atom stereocenters. The summed E-state index contributed by atoms with van der Waals surface area (Å²) in [5.41, 5.74) is -0.212. The van der Waals surface area contributed by atoms with Crippen LogP contribution >= 0.6 is 0 Å². The van der Waals surface area contributed by atoms with E-state index in [4.69, 9.17) is 4.74 Å². The highest BCUT2D eigenvalue weighted by molar-refractivity contribution is 5.89. The van der Waals surface area contributed by atoms with Gasteiger partial charge in [-0.2, -0.15) is 5.10 Å². The van der Waals surface area contributed by atoms with Crippen LogP contribution < -0.4 is 0 Å². The van der Waals surface area contributed by atoms with Crippen LogP contribution in [0.25, 0.3) is 0 Å². The number of aromatic nitrogens is 2. The monoisotopic (exact) mass is 208 g/mol. The summed E-state index contributed by atoms with van der Waals surface area (Å²) in [7, 11) is 0. The Balaban J connectivity index is 2.08. The van der Waals surface area contributed by atoms with E-state index in [1.165, 1.54) is 0 Å². The summed E-state index contributed by atoms with van der Waals surface area (Å²) >= 11 is 0. The molecule has 1 aliphatic rings. The van der Waals surface area contributed by atoms with E-state index < -0.39 is 0 Å². The zero-order valence-corrected chi connectivity index (χ0v) is 9.30. The predicted octanol–water partition coefficient (Wildman–Crippen LogP) is 1.58. The largest absolute Gasteiger partial charge is 0.369 e. The van der Waals surface area contributed by atoms with Gasteiger partial charge in [-0.05, 0) is 26.8 Å². The molecule has 1 aromatic rings. The predicted molar refractivity (Wildman–Crippen MR) is 55.5 cm³/mol. The van der Waals surface area contributed by atoms with Gasteiger partial charge in [0.1, 0.15) is 6.04 Å². The fourth-order valence-electron chi connectivity index (χ4n) is 1.80. The van der Waals surface area contributed by atoms with Crippen molar-refractivity contribution in [3.8, 4) is 0 Å². The van der Waals surface area contributed by atoms with Gasteiger partial charge in [0, 0.05) is 18.8 Å². The second kappa shape index (κ2) is 3.45. The van der Waals surface area contributed by atoms with Crippen LogP contribution in [0.5, 0.6) is 0 Å². The third-order valence-electron chi connectivity index (χ3n) is 2.40. The average molecular weight is 208 g/mol. The lowest BCUT2D eigenvalue weighted by Gasteiger charge is -2.38. The van der Waals surface area contributed by atoms with Crippen molar-refractivity contribution in [3.05, 3.63) is 18.5 Å². The number of Topliss-reactive ketones (excluding diaryl/α,β-unsaturated/α-hetero) is 1. The molecule has 0 aliphatic heterocycles. The average Bonchev–Trinajstić information content (AvgIpc) is 2.53. The molecule has 82 valence electrons. The van der Waals surface area contributed by atoms with E-state index in [0.29, 0.717) is 6.42 Å². The molecule has 1 fully saturated rings. The van der Waals surface area contributed by atoms with Crippen molar-refractivity contribution in [2.45, 2.75) is 44.9 Å². The minimum absolute atomic E-state index is 0.0302. The Bertz CT molecular complexity index is 351. The SMILES string of the molecule is CC(C)(C)O[C@@H]1CC(=O)[C@@H]1n1cccn1. The van der Waals surface area contributed by atoms with E-state index >= 15 is 0 Å². The normalized spacial score (nSPS) is 26.5. The van der Waals surface area contributed by atoms with Gasteiger partial charge in [0.2, 0.25) is 0 Å². The molecule has 0 aromatic carbocycles. The zero-order valence-electron chi connectivity index (χ0n) is 9.30. The van der Waals surface area contributed by atoms with Crippen LogP contribution in [0, 0.1) is 0 Å². The van der Waals surface area contributed by atoms with E-state index in [1.54, 1.807) is 17.1 Å². The Hall–Kier alpha value is -1.16. The molecule has 1 saturated carbocycles. The lowest BCUT2D eigenvalue weighted by molar-refractivity contribution is -0.157. The lowest BCUT2D eigenvalue weighted by Crippen LogP contribution is -2.48. The number of ketones is 1. The molecule has 0 saturated heterocycles. The summed E-state index contributed by atoms with van der Waals surface area (Å²) in [5, 5.41) is 4.08. The summed E-state index contributed by atoms with van der Waals surface area (Å²) in [6.07, 6.45) is 3.96. The third-order valence-corrected chi connectivity index (χ3v) is 2.40. The number of ether oxygens (including phenoxy) is 1. The maximum absolute atomic E-state index is 11.5. The Morgan fingerprint density at radius 1 is 1.53 bits per heavy atom. The highest BCUT2D eigenvalue weighted by atomic mass is 16.5.